The van der Waals surface area contributed by atoms with Crippen molar-refractivity contribution in [2.45, 2.75) is 13.2 Å². The molecule has 2 aromatic heterocycles. The molecule has 0 atom stereocenters. The molecule has 0 saturated heterocycles. The van der Waals surface area contributed by atoms with E-state index in [0.29, 0.717) is 32.4 Å². The van der Waals surface area contributed by atoms with Crippen LogP contribution in [0.3, 0.4) is 0 Å². The normalized spacial score (nSPS) is 11.1. The van der Waals surface area contributed by atoms with E-state index in [1.807, 2.05) is 5.38 Å². The first-order valence-corrected chi connectivity index (χ1v) is 9.79. The van der Waals surface area contributed by atoms with Gasteiger partial charge in [0.25, 0.3) is 5.56 Å². The first kappa shape index (κ1) is 18.9. The number of halogens is 3. The molecule has 5 nitrogen and oxygen atoms in total. The van der Waals surface area contributed by atoms with Crippen molar-refractivity contribution >= 4 is 45.4 Å². The van der Waals surface area contributed by atoms with E-state index < -0.39 is 0 Å². The summed E-state index contributed by atoms with van der Waals surface area (Å²) >= 11 is 13.5. The first-order chi connectivity index (χ1) is 13.5. The number of hydrogen-bond donors (Lipinski definition) is 0. The number of nitrogens with zero attached hydrogens (tertiary/aromatic N) is 3. The van der Waals surface area contributed by atoms with Crippen molar-refractivity contribution in [3.8, 4) is 5.75 Å². The van der Waals surface area contributed by atoms with E-state index in [-0.39, 0.29) is 24.5 Å². The van der Waals surface area contributed by atoms with Crippen molar-refractivity contribution < 1.29 is 9.13 Å². The van der Waals surface area contributed by atoms with Crippen molar-refractivity contribution in [2.75, 3.05) is 0 Å². The van der Waals surface area contributed by atoms with E-state index in [2.05, 4.69) is 9.97 Å². The molecular formula is C19H12Cl2FN3O2S. The van der Waals surface area contributed by atoms with Gasteiger partial charge in [0, 0.05) is 10.4 Å². The average molecular weight is 436 g/mol. The van der Waals surface area contributed by atoms with Crippen molar-refractivity contribution in [2.24, 2.45) is 0 Å². The van der Waals surface area contributed by atoms with Crippen LogP contribution in [0.1, 0.15) is 10.7 Å². The van der Waals surface area contributed by atoms with E-state index >= 15 is 0 Å². The number of fused-ring (bicyclic) bond motifs is 1. The summed E-state index contributed by atoms with van der Waals surface area (Å²) < 4.78 is 20.0. The van der Waals surface area contributed by atoms with Crippen LogP contribution in [0.5, 0.6) is 5.75 Å². The Kier molecular flexibility index (Phi) is 5.30. The minimum atomic E-state index is -0.319. The molecule has 0 amide bonds. The second-order valence-electron chi connectivity index (χ2n) is 5.94. The van der Waals surface area contributed by atoms with Gasteiger partial charge in [-0.05, 0) is 36.4 Å². The molecule has 0 unspecified atom stereocenters. The molecule has 0 aliphatic rings. The Labute approximate surface area is 173 Å². The summed E-state index contributed by atoms with van der Waals surface area (Å²) in [6, 6.07) is 8.88. The molecule has 0 bridgehead atoms. The van der Waals surface area contributed by atoms with Gasteiger partial charge in [-0.2, -0.15) is 0 Å². The molecule has 142 valence electrons. The van der Waals surface area contributed by atoms with Gasteiger partial charge >= 0.3 is 0 Å². The summed E-state index contributed by atoms with van der Waals surface area (Å²) in [5.41, 5.74) is 0.879. The summed E-state index contributed by atoms with van der Waals surface area (Å²) in [4.78, 5) is 21.4. The Morgan fingerprint density at radius 2 is 1.96 bits per heavy atom. The topological polar surface area (TPSA) is 57.0 Å². The highest BCUT2D eigenvalue weighted by atomic mass is 35.5. The molecular weight excluding hydrogens is 424 g/mol. The Hall–Kier alpha value is -2.48. The number of ether oxygens (including phenoxy) is 1. The molecule has 0 N–H and O–H groups in total. The van der Waals surface area contributed by atoms with E-state index in [9.17, 15) is 9.18 Å². The Morgan fingerprint density at radius 3 is 2.75 bits per heavy atom. The second-order valence-corrected chi connectivity index (χ2v) is 7.72. The molecule has 2 aromatic carbocycles. The molecule has 0 saturated carbocycles. The van der Waals surface area contributed by atoms with E-state index in [4.69, 9.17) is 27.9 Å². The van der Waals surface area contributed by atoms with Crippen LogP contribution in [0.2, 0.25) is 10.0 Å². The maximum atomic E-state index is 12.9. The van der Waals surface area contributed by atoms with Crippen molar-refractivity contribution in [3.05, 3.63) is 85.0 Å². The zero-order valence-corrected chi connectivity index (χ0v) is 16.6. The molecule has 28 heavy (non-hydrogen) atoms. The van der Waals surface area contributed by atoms with Gasteiger partial charge in [0.2, 0.25) is 0 Å². The fourth-order valence-corrected chi connectivity index (χ4v) is 3.88. The third kappa shape index (κ3) is 4.01. The number of aromatic nitrogens is 3. The van der Waals surface area contributed by atoms with Crippen LogP contribution < -0.4 is 10.3 Å². The highest BCUT2D eigenvalue weighted by Gasteiger charge is 2.11. The maximum Gasteiger partial charge on any atom is 0.261 e. The SMILES string of the molecule is O=c1c2cc(Cl)cc(Cl)c2ncn1Cc1csc(COc2ccc(F)cc2)n1. The fourth-order valence-electron chi connectivity index (χ4n) is 2.65. The molecule has 9 heteroatoms. The first-order valence-electron chi connectivity index (χ1n) is 8.15. The number of hydrogen-bond acceptors (Lipinski definition) is 5. The molecule has 4 aromatic rings. The van der Waals surface area contributed by atoms with Crippen LogP contribution in [0, 0.1) is 5.82 Å². The largest absolute Gasteiger partial charge is 0.486 e. The number of benzene rings is 2. The molecule has 2 heterocycles. The molecule has 0 fully saturated rings. The van der Waals surface area contributed by atoms with Crippen molar-refractivity contribution in [3.63, 3.8) is 0 Å². The van der Waals surface area contributed by atoms with Crippen LogP contribution in [0.25, 0.3) is 10.9 Å². The van der Waals surface area contributed by atoms with Crippen LogP contribution in [0.15, 0.2) is 52.9 Å². The zero-order chi connectivity index (χ0) is 19.7. The highest BCUT2D eigenvalue weighted by molar-refractivity contribution is 7.09. The summed E-state index contributed by atoms with van der Waals surface area (Å²) in [6.45, 7) is 0.519. The minimum absolute atomic E-state index is 0.244. The quantitative estimate of drug-likeness (QED) is 0.446. The Balaban J connectivity index is 1.51. The predicted molar refractivity (Wildman–Crippen MR) is 108 cm³/mol. The van der Waals surface area contributed by atoms with Crippen molar-refractivity contribution in [1.82, 2.24) is 14.5 Å². The second kappa shape index (κ2) is 7.87. The lowest BCUT2D eigenvalue weighted by Crippen LogP contribution is -2.21. The molecule has 0 radical (unpaired) electrons. The van der Waals surface area contributed by atoms with Crippen LogP contribution >= 0.6 is 34.5 Å². The number of thiazole rings is 1. The Morgan fingerprint density at radius 1 is 1.18 bits per heavy atom. The van der Waals surface area contributed by atoms with E-state index in [1.54, 1.807) is 24.3 Å². The lowest BCUT2D eigenvalue weighted by molar-refractivity contribution is 0.305. The van der Waals surface area contributed by atoms with E-state index in [1.165, 1.54) is 34.4 Å². The lowest BCUT2D eigenvalue weighted by atomic mass is 10.2. The monoisotopic (exact) mass is 435 g/mol. The molecule has 0 aliphatic heterocycles. The van der Waals surface area contributed by atoms with Crippen LogP contribution in [-0.2, 0) is 13.2 Å². The van der Waals surface area contributed by atoms with Gasteiger partial charge in [-0.25, -0.2) is 14.4 Å². The third-order valence-corrected chi connectivity index (χ3v) is 5.33. The molecule has 0 spiro atoms. The summed E-state index contributed by atoms with van der Waals surface area (Å²) in [5, 5.41) is 3.66. The summed E-state index contributed by atoms with van der Waals surface area (Å²) in [7, 11) is 0. The summed E-state index contributed by atoms with van der Waals surface area (Å²) in [6.07, 6.45) is 1.44. The smallest absolute Gasteiger partial charge is 0.261 e. The predicted octanol–water partition coefficient (Wildman–Crippen LogP) is 4.93. The van der Waals surface area contributed by atoms with Gasteiger partial charge in [-0.3, -0.25) is 9.36 Å². The standard InChI is InChI=1S/C19H12Cl2FN3O2S/c20-11-5-15-18(16(21)6-11)23-10-25(19(15)26)7-13-9-28-17(24-13)8-27-14-3-1-12(22)2-4-14/h1-6,9-10H,7-8H2. The van der Waals surface area contributed by atoms with E-state index in [0.717, 1.165) is 5.01 Å². The molecule has 0 aliphatic carbocycles. The van der Waals surface area contributed by atoms with Gasteiger partial charge in [-0.1, -0.05) is 23.2 Å². The zero-order valence-electron chi connectivity index (χ0n) is 14.2. The summed E-state index contributed by atoms with van der Waals surface area (Å²) in [5.74, 6) is 0.239. The Bertz CT molecular complexity index is 1210. The van der Waals surface area contributed by atoms with Gasteiger partial charge < -0.3 is 4.74 Å². The highest BCUT2D eigenvalue weighted by Crippen LogP contribution is 2.24. The fraction of sp³-hybridized carbons (Fsp3) is 0.105. The third-order valence-electron chi connectivity index (χ3n) is 3.95. The van der Waals surface area contributed by atoms with Gasteiger partial charge in [0.15, 0.2) is 0 Å². The van der Waals surface area contributed by atoms with Gasteiger partial charge in [-0.15, -0.1) is 11.3 Å². The number of rotatable bonds is 5. The lowest BCUT2D eigenvalue weighted by Gasteiger charge is -2.06. The molecule has 4 rings (SSSR count). The van der Waals surface area contributed by atoms with Crippen molar-refractivity contribution in [1.29, 1.82) is 0 Å². The van der Waals surface area contributed by atoms with Crippen LogP contribution in [-0.4, -0.2) is 14.5 Å². The maximum absolute atomic E-state index is 12.9. The minimum Gasteiger partial charge on any atom is -0.486 e. The van der Waals surface area contributed by atoms with Gasteiger partial charge in [0.05, 0.1) is 34.5 Å². The average Bonchev–Trinajstić information content (AvgIpc) is 3.11. The van der Waals surface area contributed by atoms with Gasteiger partial charge in [0.1, 0.15) is 23.2 Å². The van der Waals surface area contributed by atoms with Crippen LogP contribution in [0.4, 0.5) is 4.39 Å².